The van der Waals surface area contributed by atoms with Crippen LogP contribution in [0.3, 0.4) is 0 Å². The van der Waals surface area contributed by atoms with Gasteiger partial charge in [0.1, 0.15) is 18.0 Å². The SMILES string of the molecule is CC1=C2C(=O)N(CC(=O)NCCCOc3ccc(F)c(F)c3)C=N[N+]2C=N1. The zero-order valence-electron chi connectivity index (χ0n) is 14.5. The molecule has 27 heavy (non-hydrogen) atoms. The second kappa shape index (κ2) is 8.04. The molecule has 0 spiro atoms. The Kier molecular flexibility index (Phi) is 5.55. The molecule has 0 atom stereocenters. The van der Waals surface area contributed by atoms with Gasteiger partial charge in [-0.2, -0.15) is 4.99 Å². The van der Waals surface area contributed by atoms with Gasteiger partial charge in [-0.1, -0.05) is 0 Å². The molecule has 3 rings (SSSR count). The van der Waals surface area contributed by atoms with Crippen LogP contribution < -0.4 is 15.1 Å². The lowest BCUT2D eigenvalue weighted by molar-refractivity contribution is -0.130. The van der Waals surface area contributed by atoms with Crippen molar-refractivity contribution in [3.8, 4) is 5.75 Å². The summed E-state index contributed by atoms with van der Waals surface area (Å²) in [6, 6.07) is 3.27. The topological polar surface area (TPSA) is 89.3 Å². The van der Waals surface area contributed by atoms with Crippen LogP contribution in [0, 0.1) is 11.6 Å². The van der Waals surface area contributed by atoms with Gasteiger partial charge in [0.25, 0.3) is 6.34 Å². The standard InChI is InChI=1S/C17H17F2N5O3/c1-11-16-17(26)23(10-22-24(16)9-21-11)8-15(25)20-5-2-6-27-12-3-4-13(18)14(19)7-12/h3-4,7,9-10H,2,5-6,8H2,1H3,(H,20,25)/q+1. The van der Waals surface area contributed by atoms with E-state index in [0.29, 0.717) is 24.4 Å². The Morgan fingerprint density at radius 1 is 1.33 bits per heavy atom. The van der Waals surface area contributed by atoms with Crippen molar-refractivity contribution in [2.75, 3.05) is 19.7 Å². The third kappa shape index (κ3) is 4.34. The van der Waals surface area contributed by atoms with E-state index in [1.807, 2.05) is 0 Å². The summed E-state index contributed by atoms with van der Waals surface area (Å²) < 4.78 is 31.1. The number of fused-ring (bicyclic) bond motifs is 1. The van der Waals surface area contributed by atoms with Gasteiger partial charge < -0.3 is 10.1 Å². The number of carbonyl (C=O) groups is 2. The van der Waals surface area contributed by atoms with Crippen LogP contribution in [0.1, 0.15) is 13.3 Å². The van der Waals surface area contributed by atoms with Gasteiger partial charge in [-0.05, 0) is 30.6 Å². The van der Waals surface area contributed by atoms with Crippen LogP contribution in [0.4, 0.5) is 8.78 Å². The molecule has 10 heteroatoms. The number of benzene rings is 1. The molecule has 0 fully saturated rings. The van der Waals surface area contributed by atoms with Gasteiger partial charge in [0, 0.05) is 12.6 Å². The lowest BCUT2D eigenvalue weighted by Gasteiger charge is -2.18. The van der Waals surface area contributed by atoms with Gasteiger partial charge in [-0.3, -0.25) is 14.5 Å². The third-order valence-electron chi connectivity index (χ3n) is 3.83. The highest BCUT2D eigenvalue weighted by atomic mass is 19.2. The van der Waals surface area contributed by atoms with Crippen molar-refractivity contribution >= 4 is 24.5 Å². The van der Waals surface area contributed by atoms with Crippen LogP contribution in [-0.4, -0.2) is 49.1 Å². The highest BCUT2D eigenvalue weighted by Gasteiger charge is 2.42. The second-order valence-corrected chi connectivity index (χ2v) is 5.82. The van der Waals surface area contributed by atoms with Crippen molar-refractivity contribution in [1.29, 1.82) is 0 Å². The summed E-state index contributed by atoms with van der Waals surface area (Å²) in [6.45, 7) is 2.04. The molecular formula is C17H17F2N5O3+. The van der Waals surface area contributed by atoms with Gasteiger partial charge in [0.15, 0.2) is 18.0 Å². The molecule has 1 aromatic rings. The number of ether oxygens (including phenoxy) is 1. The minimum atomic E-state index is -0.981. The average molecular weight is 377 g/mol. The fraction of sp³-hybridized carbons (Fsp3) is 0.294. The molecule has 0 aromatic heterocycles. The highest BCUT2D eigenvalue weighted by Crippen LogP contribution is 2.19. The minimum Gasteiger partial charge on any atom is -0.493 e. The number of allylic oxidation sites excluding steroid dienone is 1. The number of rotatable bonds is 7. The van der Waals surface area contributed by atoms with Crippen LogP contribution in [0.25, 0.3) is 0 Å². The number of hydrogen-bond donors (Lipinski definition) is 1. The monoisotopic (exact) mass is 377 g/mol. The van der Waals surface area contributed by atoms with Crippen molar-refractivity contribution in [3.05, 3.63) is 41.2 Å². The van der Waals surface area contributed by atoms with Gasteiger partial charge in [0.05, 0.1) is 11.6 Å². The van der Waals surface area contributed by atoms with E-state index >= 15 is 0 Å². The Hall–Kier alpha value is -3.14. The molecule has 2 heterocycles. The number of carbonyl (C=O) groups excluding carboxylic acids is 2. The molecule has 0 saturated heterocycles. The molecule has 1 radical (unpaired) electrons. The normalized spacial score (nSPS) is 16.1. The quantitative estimate of drug-likeness (QED) is 0.569. The third-order valence-corrected chi connectivity index (χ3v) is 3.83. The molecule has 1 aromatic carbocycles. The molecule has 0 bridgehead atoms. The number of aliphatic imine (C=N–C) groups is 1. The Balaban J connectivity index is 1.39. The van der Waals surface area contributed by atoms with Gasteiger partial charge >= 0.3 is 11.6 Å². The first-order valence-electron chi connectivity index (χ1n) is 8.19. The van der Waals surface area contributed by atoms with Crippen molar-refractivity contribution < 1.29 is 23.1 Å². The van der Waals surface area contributed by atoms with E-state index in [0.717, 1.165) is 12.1 Å². The first-order chi connectivity index (χ1) is 13.0. The maximum absolute atomic E-state index is 13.1. The van der Waals surface area contributed by atoms with E-state index in [1.54, 1.807) is 6.92 Å². The fourth-order valence-electron chi connectivity index (χ4n) is 2.45. The summed E-state index contributed by atoms with van der Waals surface area (Å²) in [5.74, 6) is -2.42. The summed E-state index contributed by atoms with van der Waals surface area (Å²) in [5, 5.41) is 8.05. The Bertz CT molecular complexity index is 853. The molecular weight excluding hydrogens is 360 g/mol. The summed E-state index contributed by atoms with van der Waals surface area (Å²) in [5.41, 5.74) is 0.863. The molecule has 141 valence electrons. The van der Waals surface area contributed by atoms with Gasteiger partial charge in [0.2, 0.25) is 5.91 Å². The van der Waals surface area contributed by atoms with Crippen molar-refractivity contribution in [2.45, 2.75) is 13.3 Å². The van der Waals surface area contributed by atoms with E-state index in [2.05, 4.69) is 15.4 Å². The first kappa shape index (κ1) is 18.6. The number of amides is 2. The number of nitrogens with zero attached hydrogens (tertiary/aromatic N) is 4. The fourth-order valence-corrected chi connectivity index (χ4v) is 2.45. The van der Waals surface area contributed by atoms with Crippen LogP contribution >= 0.6 is 0 Å². The molecule has 0 aliphatic carbocycles. The number of halogens is 2. The predicted octanol–water partition coefficient (Wildman–Crippen LogP) is 1.05. The second-order valence-electron chi connectivity index (χ2n) is 5.82. The van der Waals surface area contributed by atoms with E-state index in [4.69, 9.17) is 4.74 Å². The molecule has 8 nitrogen and oxygen atoms in total. The summed E-state index contributed by atoms with van der Waals surface area (Å²) in [7, 11) is 0. The zero-order chi connectivity index (χ0) is 19.4. The Labute approximate surface area is 153 Å². The van der Waals surface area contributed by atoms with Crippen molar-refractivity contribution in [3.63, 3.8) is 0 Å². The summed E-state index contributed by atoms with van der Waals surface area (Å²) >= 11 is 0. The van der Waals surface area contributed by atoms with Crippen molar-refractivity contribution in [1.82, 2.24) is 15.2 Å². The largest absolute Gasteiger partial charge is 0.493 e. The molecule has 0 saturated carbocycles. The Morgan fingerprint density at radius 2 is 2.15 bits per heavy atom. The van der Waals surface area contributed by atoms with Gasteiger partial charge in [-0.25, -0.2) is 8.78 Å². The van der Waals surface area contributed by atoms with Crippen LogP contribution in [0.2, 0.25) is 0 Å². The zero-order valence-corrected chi connectivity index (χ0v) is 14.5. The van der Waals surface area contributed by atoms with E-state index in [1.165, 1.54) is 28.7 Å². The van der Waals surface area contributed by atoms with E-state index < -0.39 is 11.6 Å². The average Bonchev–Trinajstić information content (AvgIpc) is 3.02. The van der Waals surface area contributed by atoms with E-state index in [9.17, 15) is 18.4 Å². The highest BCUT2D eigenvalue weighted by molar-refractivity contribution is 6.07. The molecule has 2 amide bonds. The summed E-state index contributed by atoms with van der Waals surface area (Å²) in [4.78, 5) is 29.5. The lowest BCUT2D eigenvalue weighted by atomic mass is 10.3. The molecule has 2 aliphatic rings. The smallest absolute Gasteiger partial charge is 0.324 e. The minimum absolute atomic E-state index is 0.170. The Morgan fingerprint density at radius 3 is 2.93 bits per heavy atom. The predicted molar refractivity (Wildman–Crippen MR) is 93.0 cm³/mol. The maximum Gasteiger partial charge on any atom is 0.324 e. The lowest BCUT2D eigenvalue weighted by Crippen LogP contribution is -2.46. The maximum atomic E-state index is 13.1. The number of hydrogen-bond acceptors (Lipinski definition) is 6. The first-order valence-corrected chi connectivity index (χ1v) is 8.19. The molecule has 0 unspecified atom stereocenters. The van der Waals surface area contributed by atoms with E-state index in [-0.39, 0.29) is 30.7 Å². The molecule has 1 N–H and O–H groups in total. The number of hydrazone groups is 1. The van der Waals surface area contributed by atoms with Crippen LogP contribution in [0.5, 0.6) is 5.75 Å². The van der Waals surface area contributed by atoms with Gasteiger partial charge in [-0.15, -0.1) is 0 Å². The molecule has 2 aliphatic heterocycles. The van der Waals surface area contributed by atoms with Crippen molar-refractivity contribution in [2.24, 2.45) is 10.1 Å². The number of nitrogens with one attached hydrogen (secondary N) is 1. The summed E-state index contributed by atoms with van der Waals surface area (Å²) in [6.07, 6.45) is 3.17. The van der Waals surface area contributed by atoms with Crippen LogP contribution in [0.15, 0.2) is 39.7 Å². The van der Waals surface area contributed by atoms with Crippen LogP contribution in [-0.2, 0) is 9.59 Å².